The standard InChI is InChI=1S/C22H28ClN3O4/c23-8-1-11-29-20-5-2-17(3-6-20)22-24-18(16-30-22)14-26-19(4-7-21(26)27)15-25-9-12-28-13-10-25/h2-3,5-6,16,19H,1,4,7-15H2/t19-/m0/s1. The lowest BCUT2D eigenvalue weighted by Crippen LogP contribution is -2.45. The number of carbonyl (C=O) groups is 1. The van der Waals surface area contributed by atoms with E-state index in [0.29, 0.717) is 31.3 Å². The molecule has 2 fully saturated rings. The van der Waals surface area contributed by atoms with Crippen LogP contribution in [0.3, 0.4) is 0 Å². The van der Waals surface area contributed by atoms with Crippen molar-refractivity contribution in [3.63, 3.8) is 0 Å². The number of morpholine rings is 1. The first-order valence-corrected chi connectivity index (χ1v) is 11.1. The molecule has 0 bridgehead atoms. The van der Waals surface area contributed by atoms with Crippen LogP contribution < -0.4 is 4.74 Å². The zero-order chi connectivity index (χ0) is 20.8. The molecular formula is C22H28ClN3O4. The molecule has 0 spiro atoms. The third-order valence-corrected chi connectivity index (χ3v) is 5.82. The van der Waals surface area contributed by atoms with Crippen molar-refractivity contribution >= 4 is 17.5 Å². The predicted octanol–water partition coefficient (Wildman–Crippen LogP) is 3.17. The quantitative estimate of drug-likeness (QED) is 0.447. The van der Waals surface area contributed by atoms with Crippen molar-refractivity contribution in [2.24, 2.45) is 0 Å². The molecule has 0 unspecified atom stereocenters. The summed E-state index contributed by atoms with van der Waals surface area (Å²) in [4.78, 5) is 21.4. The summed E-state index contributed by atoms with van der Waals surface area (Å²) in [5, 5.41) is 0. The van der Waals surface area contributed by atoms with Gasteiger partial charge in [-0.25, -0.2) is 4.98 Å². The minimum atomic E-state index is 0.191. The van der Waals surface area contributed by atoms with Crippen molar-refractivity contribution in [2.75, 3.05) is 45.3 Å². The molecule has 0 N–H and O–H groups in total. The first-order valence-electron chi connectivity index (χ1n) is 10.6. The Morgan fingerprint density at radius 3 is 2.77 bits per heavy atom. The number of carbonyl (C=O) groups excluding carboxylic acids is 1. The monoisotopic (exact) mass is 433 g/mol. The number of rotatable bonds is 9. The Morgan fingerprint density at radius 2 is 2.00 bits per heavy atom. The molecule has 2 aliphatic rings. The highest BCUT2D eigenvalue weighted by Gasteiger charge is 2.33. The summed E-state index contributed by atoms with van der Waals surface area (Å²) in [5.41, 5.74) is 1.65. The number of amides is 1. The highest BCUT2D eigenvalue weighted by atomic mass is 35.5. The number of likely N-dealkylation sites (tertiary alicyclic amines) is 1. The van der Waals surface area contributed by atoms with Crippen LogP contribution in [0, 0.1) is 0 Å². The number of ether oxygens (including phenoxy) is 2. The number of halogens is 1. The highest BCUT2D eigenvalue weighted by Crippen LogP contribution is 2.25. The minimum Gasteiger partial charge on any atom is -0.494 e. The predicted molar refractivity (Wildman–Crippen MR) is 114 cm³/mol. The molecule has 1 amide bonds. The maximum Gasteiger partial charge on any atom is 0.226 e. The second-order valence-corrected chi connectivity index (χ2v) is 8.06. The van der Waals surface area contributed by atoms with E-state index < -0.39 is 0 Å². The van der Waals surface area contributed by atoms with E-state index >= 15 is 0 Å². The summed E-state index contributed by atoms with van der Waals surface area (Å²) in [6, 6.07) is 7.87. The molecule has 2 aromatic rings. The largest absolute Gasteiger partial charge is 0.494 e. The molecule has 162 valence electrons. The SMILES string of the molecule is O=C1CC[C@@H](CN2CCOCC2)N1Cc1coc(-c2ccc(OCCCCl)cc2)n1. The molecule has 1 aromatic heterocycles. The summed E-state index contributed by atoms with van der Waals surface area (Å²) in [7, 11) is 0. The highest BCUT2D eigenvalue weighted by molar-refractivity contribution is 6.17. The average molecular weight is 434 g/mol. The van der Waals surface area contributed by atoms with Gasteiger partial charge in [-0.1, -0.05) is 0 Å². The topological polar surface area (TPSA) is 68.0 Å². The Morgan fingerprint density at radius 1 is 1.20 bits per heavy atom. The van der Waals surface area contributed by atoms with Crippen LogP contribution in [-0.4, -0.2) is 72.1 Å². The van der Waals surface area contributed by atoms with Crippen LogP contribution in [0.2, 0.25) is 0 Å². The van der Waals surface area contributed by atoms with E-state index in [-0.39, 0.29) is 11.9 Å². The van der Waals surface area contributed by atoms with E-state index in [4.69, 9.17) is 25.5 Å². The van der Waals surface area contributed by atoms with E-state index in [1.54, 1.807) is 6.26 Å². The van der Waals surface area contributed by atoms with E-state index in [1.165, 1.54) is 0 Å². The van der Waals surface area contributed by atoms with Crippen LogP contribution in [0.4, 0.5) is 0 Å². The smallest absolute Gasteiger partial charge is 0.226 e. The number of nitrogens with zero attached hydrogens (tertiary/aromatic N) is 3. The van der Waals surface area contributed by atoms with E-state index in [0.717, 1.165) is 62.7 Å². The van der Waals surface area contributed by atoms with Gasteiger partial charge in [0.15, 0.2) is 0 Å². The Kier molecular flexibility index (Phi) is 7.25. The molecule has 4 rings (SSSR count). The number of oxazole rings is 1. The number of benzene rings is 1. The van der Waals surface area contributed by atoms with E-state index in [1.807, 2.05) is 29.2 Å². The van der Waals surface area contributed by atoms with Crippen molar-refractivity contribution < 1.29 is 18.7 Å². The number of aromatic nitrogens is 1. The van der Waals surface area contributed by atoms with Gasteiger partial charge < -0.3 is 18.8 Å². The summed E-state index contributed by atoms with van der Waals surface area (Å²) in [6.45, 7) is 5.37. The van der Waals surface area contributed by atoms with E-state index in [9.17, 15) is 4.79 Å². The zero-order valence-corrected chi connectivity index (χ0v) is 17.9. The zero-order valence-electron chi connectivity index (χ0n) is 17.1. The van der Waals surface area contributed by atoms with Crippen LogP contribution in [0.1, 0.15) is 25.0 Å². The number of alkyl halides is 1. The Bertz CT molecular complexity index is 820. The minimum absolute atomic E-state index is 0.191. The summed E-state index contributed by atoms with van der Waals surface area (Å²) in [5.74, 6) is 2.12. The maximum atomic E-state index is 12.5. The Balaban J connectivity index is 1.36. The fourth-order valence-corrected chi connectivity index (χ4v) is 4.02. The van der Waals surface area contributed by atoms with Gasteiger partial charge in [-0.05, 0) is 37.1 Å². The third kappa shape index (κ3) is 5.33. The first kappa shape index (κ1) is 21.2. The molecular weight excluding hydrogens is 406 g/mol. The van der Waals surface area contributed by atoms with Gasteiger partial charge in [0.2, 0.25) is 11.8 Å². The van der Waals surface area contributed by atoms with E-state index in [2.05, 4.69) is 9.88 Å². The molecule has 2 saturated heterocycles. The molecule has 7 nitrogen and oxygen atoms in total. The van der Waals surface area contributed by atoms with Crippen LogP contribution in [0.5, 0.6) is 5.75 Å². The first-order chi connectivity index (χ1) is 14.7. The third-order valence-electron chi connectivity index (χ3n) is 5.56. The van der Waals surface area contributed by atoms with Gasteiger partial charge in [0.1, 0.15) is 12.0 Å². The summed E-state index contributed by atoms with van der Waals surface area (Å²) in [6.07, 6.45) is 3.96. The fraction of sp³-hybridized carbons (Fsp3) is 0.545. The average Bonchev–Trinajstić information content (AvgIpc) is 3.38. The second-order valence-electron chi connectivity index (χ2n) is 7.69. The van der Waals surface area contributed by atoms with Crippen molar-refractivity contribution in [1.29, 1.82) is 0 Å². The molecule has 8 heteroatoms. The van der Waals surface area contributed by atoms with Gasteiger partial charge in [-0.15, -0.1) is 11.6 Å². The van der Waals surface area contributed by atoms with Gasteiger partial charge >= 0.3 is 0 Å². The summed E-state index contributed by atoms with van der Waals surface area (Å²) < 4.78 is 16.7. The number of hydrogen-bond acceptors (Lipinski definition) is 6. The van der Waals surface area contributed by atoms with Crippen LogP contribution >= 0.6 is 11.6 Å². The van der Waals surface area contributed by atoms with Gasteiger partial charge in [-0.3, -0.25) is 9.69 Å². The Hall–Kier alpha value is -2.09. The molecule has 1 atom stereocenters. The lowest BCUT2D eigenvalue weighted by molar-refractivity contribution is -0.130. The second kappa shape index (κ2) is 10.3. The molecule has 3 heterocycles. The lowest BCUT2D eigenvalue weighted by Gasteiger charge is -2.32. The van der Waals surface area contributed by atoms with Crippen molar-refractivity contribution in [1.82, 2.24) is 14.8 Å². The van der Waals surface area contributed by atoms with Crippen LogP contribution in [0.25, 0.3) is 11.5 Å². The van der Waals surface area contributed by atoms with Crippen LogP contribution in [-0.2, 0) is 16.1 Å². The summed E-state index contributed by atoms with van der Waals surface area (Å²) >= 11 is 5.67. The number of hydrogen-bond donors (Lipinski definition) is 0. The molecule has 1 aromatic carbocycles. The fourth-order valence-electron chi connectivity index (χ4n) is 3.91. The van der Waals surface area contributed by atoms with Crippen LogP contribution in [0.15, 0.2) is 34.9 Å². The van der Waals surface area contributed by atoms with Gasteiger partial charge in [0.05, 0.1) is 32.1 Å². The van der Waals surface area contributed by atoms with Crippen molar-refractivity contribution in [2.45, 2.75) is 31.8 Å². The van der Waals surface area contributed by atoms with Gasteiger partial charge in [0.25, 0.3) is 0 Å². The van der Waals surface area contributed by atoms with Gasteiger partial charge in [0, 0.05) is 43.5 Å². The Labute approximate surface area is 181 Å². The lowest BCUT2D eigenvalue weighted by atomic mass is 10.2. The molecule has 2 aliphatic heterocycles. The molecule has 0 aliphatic carbocycles. The normalized spacial score (nSPS) is 20.1. The molecule has 0 radical (unpaired) electrons. The molecule has 0 saturated carbocycles. The maximum absolute atomic E-state index is 12.5. The molecule has 30 heavy (non-hydrogen) atoms. The van der Waals surface area contributed by atoms with Crippen molar-refractivity contribution in [3.05, 3.63) is 36.2 Å². The van der Waals surface area contributed by atoms with Crippen molar-refractivity contribution in [3.8, 4) is 17.2 Å². The van der Waals surface area contributed by atoms with Gasteiger partial charge in [-0.2, -0.15) is 0 Å².